The average Bonchev–Trinajstić information content (AvgIpc) is 3.02. The molecule has 8 heteroatoms. The lowest BCUT2D eigenvalue weighted by atomic mass is 9.55. The van der Waals surface area contributed by atoms with Crippen LogP contribution in [0.3, 0.4) is 0 Å². The summed E-state index contributed by atoms with van der Waals surface area (Å²) in [5.74, 6) is 0.797. The van der Waals surface area contributed by atoms with Crippen LogP contribution in [0.2, 0.25) is 0 Å². The molecule has 41 heavy (non-hydrogen) atoms. The molecule has 0 radical (unpaired) electrons. The van der Waals surface area contributed by atoms with Gasteiger partial charge in [0.1, 0.15) is 12.4 Å². The molecule has 0 saturated carbocycles. The van der Waals surface area contributed by atoms with Crippen molar-refractivity contribution in [3.63, 3.8) is 0 Å². The SMILES string of the molecule is CCOCc1ccc(B(OCCN)c2ccc(OCc3ccc(B(OCCN)c4ccc(C)cc4)cc3)cc2)cc1. The van der Waals surface area contributed by atoms with Gasteiger partial charge in [-0.3, -0.25) is 0 Å². The highest BCUT2D eigenvalue weighted by molar-refractivity contribution is 6.80. The largest absolute Gasteiger partial charge is 0.489 e. The summed E-state index contributed by atoms with van der Waals surface area (Å²) in [5.41, 5.74) is 19.2. The molecule has 0 amide bonds. The third-order valence-electron chi connectivity index (χ3n) is 6.81. The van der Waals surface area contributed by atoms with Gasteiger partial charge < -0.3 is 30.2 Å². The second-order valence-corrected chi connectivity index (χ2v) is 9.97. The number of rotatable bonds is 16. The number of ether oxygens (including phenoxy) is 2. The van der Waals surface area contributed by atoms with E-state index in [1.54, 1.807) is 0 Å². The maximum absolute atomic E-state index is 6.13. The van der Waals surface area contributed by atoms with E-state index in [0.717, 1.165) is 38.7 Å². The highest BCUT2D eigenvalue weighted by Crippen LogP contribution is 2.12. The maximum atomic E-state index is 6.13. The number of aryl methyl sites for hydroxylation is 1. The standard InChI is InChI=1S/C33H40B2N2O4/c1-3-38-24-27-6-12-30(13-7-27)35(41-23-21-37)32-16-18-33(19-17-32)39-25-28-8-14-31(15-9-28)34(40-22-20-36)29-10-4-26(2)5-11-29/h4-19H,3,20-25,36-37H2,1-2H3. The van der Waals surface area contributed by atoms with Gasteiger partial charge in [-0.1, -0.05) is 90.5 Å². The number of nitrogens with two attached hydrogens (primary N) is 2. The fourth-order valence-corrected chi connectivity index (χ4v) is 4.59. The predicted molar refractivity (Wildman–Crippen MR) is 170 cm³/mol. The Morgan fingerprint density at radius 2 is 0.976 bits per heavy atom. The molecule has 4 aromatic carbocycles. The Morgan fingerprint density at radius 1 is 0.561 bits per heavy atom. The molecule has 0 bridgehead atoms. The molecule has 0 aromatic heterocycles. The first-order valence-corrected chi connectivity index (χ1v) is 14.3. The van der Waals surface area contributed by atoms with Gasteiger partial charge in [0, 0.05) is 32.9 Å². The van der Waals surface area contributed by atoms with Crippen LogP contribution in [-0.2, 0) is 27.3 Å². The molecule has 4 aromatic rings. The second-order valence-electron chi connectivity index (χ2n) is 9.97. The summed E-state index contributed by atoms with van der Waals surface area (Å²) in [5, 5.41) is 0. The lowest BCUT2D eigenvalue weighted by Gasteiger charge is -2.17. The minimum absolute atomic E-state index is 0.156. The molecule has 212 valence electrons. The lowest BCUT2D eigenvalue weighted by Crippen LogP contribution is -2.45. The number of hydrogen-bond acceptors (Lipinski definition) is 6. The molecule has 0 aliphatic heterocycles. The molecule has 0 saturated heterocycles. The molecule has 4 rings (SSSR count). The zero-order chi connectivity index (χ0) is 28.9. The zero-order valence-corrected chi connectivity index (χ0v) is 24.1. The Labute approximate surface area is 245 Å². The minimum atomic E-state index is -0.204. The summed E-state index contributed by atoms with van der Waals surface area (Å²) in [7, 11) is 0. The fraction of sp³-hybridized carbons (Fsp3) is 0.273. The molecule has 6 nitrogen and oxygen atoms in total. The van der Waals surface area contributed by atoms with Crippen molar-refractivity contribution in [1.82, 2.24) is 0 Å². The summed E-state index contributed by atoms with van der Waals surface area (Å²) >= 11 is 0. The minimum Gasteiger partial charge on any atom is -0.489 e. The topological polar surface area (TPSA) is 89.0 Å². The Kier molecular flexibility index (Phi) is 12.0. The van der Waals surface area contributed by atoms with Gasteiger partial charge in [0.15, 0.2) is 0 Å². The highest BCUT2D eigenvalue weighted by Gasteiger charge is 2.22. The van der Waals surface area contributed by atoms with Crippen LogP contribution < -0.4 is 38.1 Å². The van der Waals surface area contributed by atoms with Crippen LogP contribution in [0, 0.1) is 6.92 Å². The van der Waals surface area contributed by atoms with Crippen molar-refractivity contribution in [2.75, 3.05) is 32.9 Å². The van der Waals surface area contributed by atoms with Gasteiger partial charge in [-0.05, 0) is 59.0 Å². The van der Waals surface area contributed by atoms with Gasteiger partial charge >= 0.3 is 13.8 Å². The smallest absolute Gasteiger partial charge is 0.361 e. The van der Waals surface area contributed by atoms with Gasteiger partial charge in [0.05, 0.1) is 6.61 Å². The van der Waals surface area contributed by atoms with Crippen LogP contribution in [0.25, 0.3) is 0 Å². The van der Waals surface area contributed by atoms with Crippen molar-refractivity contribution >= 4 is 35.7 Å². The Bertz CT molecular complexity index is 1300. The van der Waals surface area contributed by atoms with E-state index in [1.807, 2.05) is 19.1 Å². The second kappa shape index (κ2) is 16.2. The quantitative estimate of drug-likeness (QED) is 0.208. The third-order valence-corrected chi connectivity index (χ3v) is 6.81. The van der Waals surface area contributed by atoms with Crippen LogP contribution in [0.1, 0.15) is 23.6 Å². The van der Waals surface area contributed by atoms with E-state index >= 15 is 0 Å². The van der Waals surface area contributed by atoms with E-state index in [4.69, 9.17) is 30.2 Å². The van der Waals surface area contributed by atoms with Crippen LogP contribution in [0.5, 0.6) is 5.75 Å². The van der Waals surface area contributed by atoms with Gasteiger partial charge in [-0.25, -0.2) is 0 Å². The van der Waals surface area contributed by atoms with Crippen LogP contribution >= 0.6 is 0 Å². The van der Waals surface area contributed by atoms with Crippen LogP contribution in [-0.4, -0.2) is 46.7 Å². The molecule has 0 aliphatic carbocycles. The summed E-state index contributed by atoms with van der Waals surface area (Å²) in [6.07, 6.45) is 0. The summed E-state index contributed by atoms with van der Waals surface area (Å²) in [6, 6.07) is 33.2. The summed E-state index contributed by atoms with van der Waals surface area (Å²) in [4.78, 5) is 0. The van der Waals surface area contributed by atoms with Crippen molar-refractivity contribution in [2.24, 2.45) is 11.5 Å². The summed E-state index contributed by atoms with van der Waals surface area (Å²) < 4.78 is 23.9. The normalized spacial score (nSPS) is 10.9. The van der Waals surface area contributed by atoms with Gasteiger partial charge in [0.2, 0.25) is 0 Å². The van der Waals surface area contributed by atoms with Crippen molar-refractivity contribution < 1.29 is 18.8 Å². The summed E-state index contributed by atoms with van der Waals surface area (Å²) in [6.45, 7) is 7.40. The maximum Gasteiger partial charge on any atom is 0.361 e. The van der Waals surface area contributed by atoms with Crippen molar-refractivity contribution in [1.29, 1.82) is 0 Å². The first kappa shape index (κ1) is 30.6. The molecule has 0 fully saturated rings. The van der Waals surface area contributed by atoms with E-state index in [-0.39, 0.29) is 13.8 Å². The molecule has 0 spiro atoms. The van der Waals surface area contributed by atoms with E-state index in [9.17, 15) is 0 Å². The Balaban J connectivity index is 1.39. The average molecular weight is 550 g/mol. The van der Waals surface area contributed by atoms with E-state index < -0.39 is 0 Å². The monoisotopic (exact) mass is 550 g/mol. The number of hydrogen-bond donors (Lipinski definition) is 2. The van der Waals surface area contributed by atoms with Crippen molar-refractivity contribution in [3.8, 4) is 5.75 Å². The Hall–Kier alpha value is -3.39. The van der Waals surface area contributed by atoms with Gasteiger partial charge in [-0.2, -0.15) is 0 Å². The predicted octanol–water partition coefficient (Wildman–Crippen LogP) is 2.27. The van der Waals surface area contributed by atoms with Crippen molar-refractivity contribution in [2.45, 2.75) is 27.1 Å². The lowest BCUT2D eigenvalue weighted by molar-refractivity contribution is 0.134. The molecule has 0 atom stereocenters. The molecular weight excluding hydrogens is 510 g/mol. The van der Waals surface area contributed by atoms with E-state index in [0.29, 0.717) is 46.1 Å². The molecular formula is C33H40B2N2O4. The molecule has 0 aliphatic rings. The molecule has 4 N–H and O–H groups in total. The van der Waals surface area contributed by atoms with E-state index in [1.165, 1.54) is 5.56 Å². The number of benzene rings is 4. The molecule has 0 unspecified atom stereocenters. The zero-order valence-electron chi connectivity index (χ0n) is 24.1. The molecule has 0 heterocycles. The first-order valence-electron chi connectivity index (χ1n) is 14.3. The van der Waals surface area contributed by atoms with Crippen LogP contribution in [0.4, 0.5) is 0 Å². The third kappa shape index (κ3) is 9.05. The van der Waals surface area contributed by atoms with Gasteiger partial charge in [-0.15, -0.1) is 0 Å². The van der Waals surface area contributed by atoms with E-state index in [2.05, 4.69) is 91.9 Å². The van der Waals surface area contributed by atoms with Gasteiger partial charge in [0.25, 0.3) is 0 Å². The Morgan fingerprint density at radius 3 is 1.41 bits per heavy atom. The highest BCUT2D eigenvalue weighted by atomic mass is 16.5. The van der Waals surface area contributed by atoms with Crippen molar-refractivity contribution in [3.05, 3.63) is 114 Å². The first-order chi connectivity index (χ1) is 20.1. The fourth-order valence-electron chi connectivity index (χ4n) is 4.59. The van der Waals surface area contributed by atoms with Crippen LogP contribution in [0.15, 0.2) is 97.1 Å².